The number of hydrogen-bond donors (Lipinski definition) is 0. The summed E-state index contributed by atoms with van der Waals surface area (Å²) in [6.07, 6.45) is 3.60. The highest BCUT2D eigenvalue weighted by atomic mass is 16.5. The molecule has 0 N–H and O–H groups in total. The van der Waals surface area contributed by atoms with Gasteiger partial charge in [-0.15, -0.1) is 0 Å². The molecular weight excluding hydrogens is 276 g/mol. The van der Waals surface area contributed by atoms with E-state index < -0.39 is 0 Å². The molecule has 0 spiro atoms. The highest BCUT2D eigenvalue weighted by molar-refractivity contribution is 5.95. The van der Waals surface area contributed by atoms with E-state index in [4.69, 9.17) is 4.74 Å². The number of nitrogens with zero attached hydrogens (tertiary/aromatic N) is 2. The number of Topliss-reactive ketones (excluding diaryl/α,β-unsaturated/α-hetero) is 1. The maximum Gasteiger partial charge on any atom is 0.183 e. The molecule has 1 aliphatic rings. The Morgan fingerprint density at radius 2 is 1.91 bits per heavy atom. The number of ketones is 1. The van der Waals surface area contributed by atoms with E-state index in [2.05, 4.69) is 16.5 Å². The van der Waals surface area contributed by atoms with Gasteiger partial charge in [0, 0.05) is 18.7 Å². The molecule has 0 fully saturated rings. The Morgan fingerprint density at radius 1 is 1.14 bits per heavy atom. The Morgan fingerprint density at radius 3 is 2.68 bits per heavy atom. The Balaban J connectivity index is 1.73. The zero-order valence-electron chi connectivity index (χ0n) is 13.0. The predicted octanol–water partition coefficient (Wildman–Crippen LogP) is 3.53. The van der Waals surface area contributed by atoms with Crippen LogP contribution in [0.5, 0.6) is 0 Å². The lowest BCUT2D eigenvalue weighted by molar-refractivity contribution is 0.0966. The van der Waals surface area contributed by atoms with Crippen molar-refractivity contribution in [2.75, 3.05) is 0 Å². The zero-order chi connectivity index (χ0) is 15.4. The van der Waals surface area contributed by atoms with Crippen molar-refractivity contribution in [3.63, 3.8) is 0 Å². The minimum absolute atomic E-state index is 0.184. The second kappa shape index (κ2) is 6.88. The summed E-state index contributed by atoms with van der Waals surface area (Å²) >= 11 is 0. The largest absolute Gasteiger partial charge is 0.369 e. The van der Waals surface area contributed by atoms with E-state index in [1.807, 2.05) is 30.3 Å². The average molecular weight is 298 g/mol. The minimum atomic E-state index is 0.184. The lowest BCUT2D eigenvalue weighted by Gasteiger charge is -2.09. The second-order valence-corrected chi connectivity index (χ2v) is 5.68. The molecule has 0 saturated carbocycles. The van der Waals surface area contributed by atoms with Crippen LogP contribution in [-0.2, 0) is 30.9 Å². The maximum absolute atomic E-state index is 12.2. The Labute approximate surface area is 131 Å². The van der Waals surface area contributed by atoms with Crippen molar-refractivity contribution >= 4 is 5.78 Å². The van der Waals surface area contributed by atoms with Crippen molar-refractivity contribution in [3.8, 4) is 0 Å². The van der Waals surface area contributed by atoms with Crippen molar-refractivity contribution < 1.29 is 9.53 Å². The number of imidazole rings is 1. The Bertz CT molecular complexity index is 647. The molecule has 1 aromatic heterocycles. The van der Waals surface area contributed by atoms with E-state index in [-0.39, 0.29) is 5.78 Å². The van der Waals surface area contributed by atoms with Gasteiger partial charge in [-0.3, -0.25) is 4.79 Å². The first kappa shape index (κ1) is 15.0. The van der Waals surface area contributed by atoms with Gasteiger partial charge in [-0.2, -0.15) is 0 Å². The molecular formula is C18H22N2O2. The second-order valence-electron chi connectivity index (χ2n) is 5.68. The zero-order valence-corrected chi connectivity index (χ0v) is 13.0. The fraction of sp³-hybridized carbons (Fsp3) is 0.444. The van der Waals surface area contributed by atoms with Crippen LogP contribution in [0.1, 0.15) is 53.8 Å². The average Bonchev–Trinajstić information content (AvgIpc) is 2.80. The number of benzene rings is 1. The smallest absolute Gasteiger partial charge is 0.183 e. The molecule has 2 aromatic rings. The van der Waals surface area contributed by atoms with Crippen LogP contribution < -0.4 is 0 Å². The molecule has 0 atom stereocenters. The van der Waals surface area contributed by atoms with Crippen molar-refractivity contribution in [1.82, 2.24) is 9.55 Å². The van der Waals surface area contributed by atoms with Gasteiger partial charge in [0.05, 0.1) is 6.61 Å². The molecule has 3 rings (SSSR count). The highest BCUT2D eigenvalue weighted by Gasteiger charge is 2.23. The molecule has 22 heavy (non-hydrogen) atoms. The SMILES string of the molecule is CCn1c(COCc2ccccc2)nc2c1CCCCC2=O. The van der Waals surface area contributed by atoms with Gasteiger partial charge in [0.1, 0.15) is 18.1 Å². The number of carbonyl (C=O) groups excluding carboxylic acids is 1. The molecule has 1 aromatic carbocycles. The van der Waals surface area contributed by atoms with Crippen LogP contribution in [0, 0.1) is 0 Å². The van der Waals surface area contributed by atoms with Crippen molar-refractivity contribution in [1.29, 1.82) is 0 Å². The van der Waals surface area contributed by atoms with Crippen molar-refractivity contribution in [2.24, 2.45) is 0 Å². The van der Waals surface area contributed by atoms with Crippen LogP contribution in [0.25, 0.3) is 0 Å². The first-order valence-corrected chi connectivity index (χ1v) is 8.02. The summed E-state index contributed by atoms with van der Waals surface area (Å²) < 4.78 is 7.95. The molecule has 0 aliphatic heterocycles. The van der Waals surface area contributed by atoms with E-state index in [0.717, 1.165) is 42.9 Å². The Hall–Kier alpha value is -1.94. The lowest BCUT2D eigenvalue weighted by atomic mass is 10.2. The summed E-state index contributed by atoms with van der Waals surface area (Å²) in [7, 11) is 0. The highest BCUT2D eigenvalue weighted by Crippen LogP contribution is 2.22. The third kappa shape index (κ3) is 3.12. The summed E-state index contributed by atoms with van der Waals surface area (Å²) in [4.78, 5) is 16.7. The van der Waals surface area contributed by atoms with Crippen LogP contribution in [-0.4, -0.2) is 15.3 Å². The minimum Gasteiger partial charge on any atom is -0.369 e. The molecule has 4 nitrogen and oxygen atoms in total. The van der Waals surface area contributed by atoms with Crippen LogP contribution in [0.2, 0.25) is 0 Å². The summed E-state index contributed by atoms with van der Waals surface area (Å²) in [5.74, 6) is 1.06. The molecule has 1 aliphatic carbocycles. The van der Waals surface area contributed by atoms with Gasteiger partial charge in [0.15, 0.2) is 5.78 Å². The van der Waals surface area contributed by atoms with Gasteiger partial charge >= 0.3 is 0 Å². The van der Waals surface area contributed by atoms with Crippen molar-refractivity contribution in [2.45, 2.75) is 52.4 Å². The molecule has 1 heterocycles. The van der Waals surface area contributed by atoms with Gasteiger partial charge in [0.2, 0.25) is 0 Å². The fourth-order valence-corrected chi connectivity index (χ4v) is 3.03. The molecule has 116 valence electrons. The van der Waals surface area contributed by atoms with Gasteiger partial charge in [-0.05, 0) is 31.7 Å². The number of rotatable bonds is 5. The molecule has 0 amide bonds. The maximum atomic E-state index is 12.2. The molecule has 4 heteroatoms. The standard InChI is InChI=1S/C18H22N2O2/c1-2-20-15-10-6-7-11-16(21)18(15)19-17(20)13-22-12-14-8-4-3-5-9-14/h3-5,8-9H,2,6-7,10-13H2,1H3. The van der Waals surface area contributed by atoms with Gasteiger partial charge in [0.25, 0.3) is 0 Å². The monoisotopic (exact) mass is 298 g/mol. The van der Waals surface area contributed by atoms with E-state index in [1.165, 1.54) is 0 Å². The number of ether oxygens (including phenoxy) is 1. The Kier molecular flexibility index (Phi) is 4.68. The first-order chi connectivity index (χ1) is 10.8. The lowest BCUT2D eigenvalue weighted by Crippen LogP contribution is -2.08. The van der Waals surface area contributed by atoms with Gasteiger partial charge < -0.3 is 9.30 Å². The molecule has 0 unspecified atom stereocenters. The van der Waals surface area contributed by atoms with Crippen molar-refractivity contribution in [3.05, 3.63) is 53.1 Å². The summed E-state index contributed by atoms with van der Waals surface area (Å²) in [6, 6.07) is 10.1. The number of aromatic nitrogens is 2. The molecule has 0 saturated heterocycles. The quantitative estimate of drug-likeness (QED) is 0.793. The molecule has 0 radical (unpaired) electrons. The van der Waals surface area contributed by atoms with E-state index in [0.29, 0.717) is 25.3 Å². The van der Waals surface area contributed by atoms with Crippen LogP contribution in [0.3, 0.4) is 0 Å². The number of carbonyl (C=O) groups is 1. The number of fused-ring (bicyclic) bond motifs is 1. The fourth-order valence-electron chi connectivity index (χ4n) is 3.03. The topological polar surface area (TPSA) is 44.1 Å². The van der Waals surface area contributed by atoms with Gasteiger partial charge in [-0.1, -0.05) is 30.3 Å². The first-order valence-electron chi connectivity index (χ1n) is 8.02. The number of hydrogen-bond acceptors (Lipinski definition) is 3. The van der Waals surface area contributed by atoms with Crippen LogP contribution in [0.4, 0.5) is 0 Å². The van der Waals surface area contributed by atoms with E-state index in [9.17, 15) is 4.79 Å². The van der Waals surface area contributed by atoms with E-state index >= 15 is 0 Å². The summed E-state index contributed by atoms with van der Waals surface area (Å²) in [5, 5.41) is 0. The van der Waals surface area contributed by atoms with Crippen LogP contribution >= 0.6 is 0 Å². The normalized spacial score (nSPS) is 14.7. The van der Waals surface area contributed by atoms with E-state index in [1.54, 1.807) is 0 Å². The summed E-state index contributed by atoms with van der Waals surface area (Å²) in [6.45, 7) is 3.94. The predicted molar refractivity (Wildman–Crippen MR) is 84.7 cm³/mol. The third-order valence-electron chi connectivity index (χ3n) is 4.14. The van der Waals surface area contributed by atoms with Gasteiger partial charge in [-0.25, -0.2) is 4.98 Å². The van der Waals surface area contributed by atoms with Crippen LogP contribution in [0.15, 0.2) is 30.3 Å². The summed E-state index contributed by atoms with van der Waals surface area (Å²) in [5.41, 5.74) is 2.93. The molecule has 0 bridgehead atoms. The third-order valence-corrected chi connectivity index (χ3v) is 4.14.